The van der Waals surface area contributed by atoms with E-state index in [4.69, 9.17) is 16.2 Å². The van der Waals surface area contributed by atoms with Crippen molar-refractivity contribution in [1.29, 1.82) is 0 Å². The first-order chi connectivity index (χ1) is 7.33. The second kappa shape index (κ2) is 4.63. The number of ether oxygens (including phenoxy) is 1. The quantitative estimate of drug-likeness (QED) is 0.602. The van der Waals surface area contributed by atoms with Crippen molar-refractivity contribution >= 4 is 11.7 Å². The highest BCUT2D eigenvalue weighted by Gasteiger charge is 2.23. The summed E-state index contributed by atoms with van der Waals surface area (Å²) in [6.07, 6.45) is 0.767. The standard InChI is InChI=1S/C10H18N4O2/c1-6-13-8(12)7(4-11)9(14-6)16-5-10(2,3)15/h4,8,15H,5,11-12H2,1-3H3/b7-4+. The molecule has 0 spiro atoms. The van der Waals surface area contributed by atoms with E-state index in [1.54, 1.807) is 20.8 Å². The maximum atomic E-state index is 9.55. The smallest absolute Gasteiger partial charge is 0.223 e. The summed E-state index contributed by atoms with van der Waals surface area (Å²) >= 11 is 0. The Morgan fingerprint density at radius 2 is 2.19 bits per heavy atom. The lowest BCUT2D eigenvalue weighted by atomic mass is 10.1. The normalized spacial score (nSPS) is 24.1. The molecule has 0 aliphatic carbocycles. The van der Waals surface area contributed by atoms with Crippen LogP contribution in [0.5, 0.6) is 0 Å². The van der Waals surface area contributed by atoms with Gasteiger partial charge in [0.05, 0.1) is 11.2 Å². The summed E-state index contributed by atoms with van der Waals surface area (Å²) in [4.78, 5) is 8.14. The number of rotatable bonds is 2. The van der Waals surface area contributed by atoms with Crippen LogP contribution in [-0.4, -0.2) is 35.2 Å². The van der Waals surface area contributed by atoms with E-state index in [-0.39, 0.29) is 6.61 Å². The molecular formula is C10H18N4O2. The third-order valence-electron chi connectivity index (χ3n) is 1.90. The molecule has 1 aliphatic heterocycles. The topological polar surface area (TPSA) is 106 Å². The molecule has 0 saturated heterocycles. The van der Waals surface area contributed by atoms with Crippen LogP contribution in [0.3, 0.4) is 0 Å². The van der Waals surface area contributed by atoms with Crippen molar-refractivity contribution in [2.24, 2.45) is 21.5 Å². The first-order valence-corrected chi connectivity index (χ1v) is 4.99. The average Bonchev–Trinajstić information content (AvgIpc) is 2.12. The average molecular weight is 226 g/mol. The molecule has 90 valence electrons. The molecule has 6 heteroatoms. The van der Waals surface area contributed by atoms with E-state index in [1.165, 1.54) is 6.20 Å². The van der Waals surface area contributed by atoms with Gasteiger partial charge in [0.2, 0.25) is 5.90 Å². The Bertz CT molecular complexity index is 352. The van der Waals surface area contributed by atoms with Crippen LogP contribution >= 0.6 is 0 Å². The van der Waals surface area contributed by atoms with Gasteiger partial charge in [-0.05, 0) is 20.8 Å². The van der Waals surface area contributed by atoms with Gasteiger partial charge in [-0.15, -0.1) is 0 Å². The molecular weight excluding hydrogens is 208 g/mol. The monoisotopic (exact) mass is 226 g/mol. The van der Waals surface area contributed by atoms with Crippen molar-refractivity contribution in [2.45, 2.75) is 32.5 Å². The van der Waals surface area contributed by atoms with E-state index >= 15 is 0 Å². The van der Waals surface area contributed by atoms with Crippen molar-refractivity contribution < 1.29 is 9.84 Å². The fraction of sp³-hybridized carbons (Fsp3) is 0.600. The van der Waals surface area contributed by atoms with Gasteiger partial charge in [-0.1, -0.05) is 0 Å². The van der Waals surface area contributed by atoms with Gasteiger partial charge >= 0.3 is 0 Å². The highest BCUT2D eigenvalue weighted by Crippen LogP contribution is 2.13. The Labute approximate surface area is 94.7 Å². The van der Waals surface area contributed by atoms with Gasteiger partial charge in [0.25, 0.3) is 0 Å². The molecule has 1 heterocycles. The summed E-state index contributed by atoms with van der Waals surface area (Å²) in [6.45, 7) is 5.12. The van der Waals surface area contributed by atoms with Crippen molar-refractivity contribution in [3.63, 3.8) is 0 Å². The molecule has 16 heavy (non-hydrogen) atoms. The highest BCUT2D eigenvalue weighted by molar-refractivity contribution is 6.05. The van der Waals surface area contributed by atoms with E-state index in [9.17, 15) is 5.11 Å². The lowest BCUT2D eigenvalue weighted by Gasteiger charge is -2.23. The third-order valence-corrected chi connectivity index (χ3v) is 1.90. The van der Waals surface area contributed by atoms with Crippen molar-refractivity contribution in [2.75, 3.05) is 6.61 Å². The molecule has 0 aromatic rings. The highest BCUT2D eigenvalue weighted by atomic mass is 16.5. The summed E-state index contributed by atoms with van der Waals surface area (Å²) < 4.78 is 5.38. The van der Waals surface area contributed by atoms with Gasteiger partial charge in [0.1, 0.15) is 18.6 Å². The zero-order valence-electron chi connectivity index (χ0n) is 9.77. The number of hydrogen-bond acceptors (Lipinski definition) is 6. The molecule has 0 bridgehead atoms. The molecule has 0 aromatic carbocycles. The molecule has 0 aromatic heterocycles. The molecule has 1 rings (SSSR count). The van der Waals surface area contributed by atoms with Crippen LogP contribution in [0.1, 0.15) is 20.8 Å². The first-order valence-electron chi connectivity index (χ1n) is 4.99. The minimum absolute atomic E-state index is 0.114. The molecule has 0 fully saturated rings. The number of hydrogen-bond donors (Lipinski definition) is 3. The Morgan fingerprint density at radius 1 is 1.56 bits per heavy atom. The van der Waals surface area contributed by atoms with Crippen molar-refractivity contribution in [1.82, 2.24) is 0 Å². The van der Waals surface area contributed by atoms with Gasteiger partial charge in [0.15, 0.2) is 0 Å². The van der Waals surface area contributed by atoms with E-state index in [0.29, 0.717) is 17.3 Å². The molecule has 6 nitrogen and oxygen atoms in total. The van der Waals surface area contributed by atoms with Crippen molar-refractivity contribution in [3.05, 3.63) is 11.8 Å². The number of nitrogens with zero attached hydrogens (tertiary/aromatic N) is 2. The van der Waals surface area contributed by atoms with Crippen LogP contribution < -0.4 is 11.5 Å². The summed E-state index contributed by atoms with van der Waals surface area (Å²) in [7, 11) is 0. The van der Waals surface area contributed by atoms with Gasteiger partial charge in [-0.2, -0.15) is 4.99 Å². The molecule has 1 unspecified atom stereocenters. The second-order valence-corrected chi connectivity index (χ2v) is 4.26. The van der Waals surface area contributed by atoms with E-state index < -0.39 is 11.8 Å². The van der Waals surface area contributed by atoms with Gasteiger partial charge in [0, 0.05) is 6.20 Å². The zero-order chi connectivity index (χ0) is 12.3. The van der Waals surface area contributed by atoms with Crippen LogP contribution in [0, 0.1) is 0 Å². The van der Waals surface area contributed by atoms with Crippen LogP contribution in [0.2, 0.25) is 0 Å². The first kappa shape index (κ1) is 12.7. The van der Waals surface area contributed by atoms with Gasteiger partial charge in [-0.3, -0.25) is 0 Å². The fourth-order valence-corrected chi connectivity index (χ4v) is 1.17. The predicted octanol–water partition coefficient (Wildman–Crippen LogP) is -0.268. The number of amidine groups is 1. The van der Waals surface area contributed by atoms with Crippen LogP contribution in [0.15, 0.2) is 21.8 Å². The summed E-state index contributed by atoms with van der Waals surface area (Å²) in [5, 5.41) is 9.55. The lowest BCUT2D eigenvalue weighted by Crippen LogP contribution is -2.35. The minimum Gasteiger partial charge on any atom is -0.474 e. The minimum atomic E-state index is -0.936. The number of aliphatic hydroxyl groups is 1. The van der Waals surface area contributed by atoms with Crippen LogP contribution in [-0.2, 0) is 4.74 Å². The molecule has 0 saturated carbocycles. The van der Waals surface area contributed by atoms with E-state index in [1.807, 2.05) is 0 Å². The summed E-state index contributed by atoms with van der Waals surface area (Å²) in [5.74, 6) is 0.855. The summed E-state index contributed by atoms with van der Waals surface area (Å²) in [6, 6.07) is 0. The maximum Gasteiger partial charge on any atom is 0.223 e. The van der Waals surface area contributed by atoms with Gasteiger partial charge < -0.3 is 21.3 Å². The Kier molecular flexibility index (Phi) is 3.66. The maximum absolute atomic E-state index is 9.55. The fourth-order valence-electron chi connectivity index (χ4n) is 1.17. The molecule has 5 N–H and O–H groups in total. The third kappa shape index (κ3) is 3.32. The molecule has 0 amide bonds. The number of nitrogens with two attached hydrogens (primary N) is 2. The molecule has 1 atom stereocenters. The molecule has 0 radical (unpaired) electrons. The van der Waals surface area contributed by atoms with E-state index in [2.05, 4.69) is 9.98 Å². The lowest BCUT2D eigenvalue weighted by molar-refractivity contribution is 0.0239. The van der Waals surface area contributed by atoms with Crippen LogP contribution in [0.25, 0.3) is 0 Å². The Hall–Kier alpha value is -1.40. The Morgan fingerprint density at radius 3 is 2.69 bits per heavy atom. The molecule has 1 aliphatic rings. The van der Waals surface area contributed by atoms with Gasteiger partial charge in [-0.25, -0.2) is 4.99 Å². The second-order valence-electron chi connectivity index (χ2n) is 4.26. The zero-order valence-corrected chi connectivity index (χ0v) is 9.77. The van der Waals surface area contributed by atoms with Crippen molar-refractivity contribution in [3.8, 4) is 0 Å². The Balaban J connectivity index is 2.81. The van der Waals surface area contributed by atoms with E-state index in [0.717, 1.165) is 0 Å². The number of aliphatic imine (C=N–C) groups is 2. The summed E-state index contributed by atoms with van der Waals surface area (Å²) in [5.41, 5.74) is 10.8. The largest absolute Gasteiger partial charge is 0.474 e. The SMILES string of the molecule is CC1=NC(N)/C(=C\N)C(OCC(C)(C)O)=N1. The predicted molar refractivity (Wildman–Crippen MR) is 63.0 cm³/mol. The van der Waals surface area contributed by atoms with Crippen LogP contribution in [0.4, 0.5) is 0 Å².